The molecule has 9 nitrogen and oxygen atoms in total. The van der Waals surface area contributed by atoms with Gasteiger partial charge in [-0.3, -0.25) is 19.3 Å². The predicted molar refractivity (Wildman–Crippen MR) is 103 cm³/mol. The molecule has 1 atom stereocenters. The molecule has 1 aromatic heterocycles. The van der Waals surface area contributed by atoms with Crippen molar-refractivity contribution in [3.05, 3.63) is 57.5 Å². The molecular formula is C20H22N4O5. The number of carbonyl (C=O) groups excluding carboxylic acids is 2. The van der Waals surface area contributed by atoms with Crippen LogP contribution in [-0.2, 0) is 17.9 Å². The standard InChI is InChI=1S/C20H22N4O5/c21-18(25)15-2-1-7-24(15)10-13-4-5-14(20(27)23-13)19(26)22-9-12-3-6-16-17(8-12)29-11-28-16/h3-6,8,15H,1-2,7,9-11H2,(H2,21,25)(H,22,26)(H,23,27)/t15-/m1/s1. The number of hydrogen-bond donors (Lipinski definition) is 3. The van der Waals surface area contributed by atoms with Crippen molar-refractivity contribution in [2.45, 2.75) is 32.0 Å². The fourth-order valence-electron chi connectivity index (χ4n) is 3.67. The molecule has 29 heavy (non-hydrogen) atoms. The van der Waals surface area contributed by atoms with Gasteiger partial charge in [-0.05, 0) is 49.2 Å². The summed E-state index contributed by atoms with van der Waals surface area (Å²) in [4.78, 5) is 41.0. The van der Waals surface area contributed by atoms with Gasteiger partial charge in [0.25, 0.3) is 11.5 Å². The number of pyridine rings is 1. The lowest BCUT2D eigenvalue weighted by atomic mass is 10.2. The number of H-pyrrole nitrogens is 1. The van der Waals surface area contributed by atoms with Gasteiger partial charge in [0.15, 0.2) is 11.5 Å². The van der Waals surface area contributed by atoms with Crippen LogP contribution >= 0.6 is 0 Å². The summed E-state index contributed by atoms with van der Waals surface area (Å²) in [5.41, 5.74) is 6.45. The van der Waals surface area contributed by atoms with Crippen LogP contribution in [0.15, 0.2) is 35.1 Å². The summed E-state index contributed by atoms with van der Waals surface area (Å²) in [7, 11) is 0. The molecule has 2 aromatic rings. The number of likely N-dealkylation sites (tertiary alicyclic amines) is 1. The second-order valence-electron chi connectivity index (χ2n) is 7.13. The lowest BCUT2D eigenvalue weighted by Crippen LogP contribution is -2.40. The van der Waals surface area contributed by atoms with E-state index in [1.165, 1.54) is 6.07 Å². The van der Waals surface area contributed by atoms with Gasteiger partial charge in [0.05, 0.1) is 6.04 Å². The number of primary amides is 1. The number of benzene rings is 1. The van der Waals surface area contributed by atoms with Crippen molar-refractivity contribution in [3.8, 4) is 11.5 Å². The molecule has 0 unspecified atom stereocenters. The van der Waals surface area contributed by atoms with Gasteiger partial charge in [0.1, 0.15) is 5.56 Å². The Morgan fingerprint density at radius 1 is 1.21 bits per heavy atom. The van der Waals surface area contributed by atoms with Crippen molar-refractivity contribution < 1.29 is 19.1 Å². The fourth-order valence-corrected chi connectivity index (χ4v) is 3.67. The van der Waals surface area contributed by atoms with Gasteiger partial charge >= 0.3 is 0 Å². The number of nitrogens with zero attached hydrogens (tertiary/aromatic N) is 1. The molecule has 3 heterocycles. The van der Waals surface area contributed by atoms with Crippen LogP contribution in [-0.4, -0.2) is 41.1 Å². The normalized spacial score (nSPS) is 18.0. The van der Waals surface area contributed by atoms with Crippen molar-refractivity contribution >= 4 is 11.8 Å². The highest BCUT2D eigenvalue weighted by Crippen LogP contribution is 2.32. The highest BCUT2D eigenvalue weighted by molar-refractivity contribution is 5.93. The number of ether oxygens (including phenoxy) is 2. The van der Waals surface area contributed by atoms with Crippen LogP contribution in [0.2, 0.25) is 0 Å². The highest BCUT2D eigenvalue weighted by atomic mass is 16.7. The summed E-state index contributed by atoms with van der Waals surface area (Å²) in [5, 5.41) is 2.73. The van der Waals surface area contributed by atoms with Gasteiger partial charge < -0.3 is 25.5 Å². The van der Waals surface area contributed by atoms with Crippen molar-refractivity contribution in [2.24, 2.45) is 5.73 Å². The van der Waals surface area contributed by atoms with Crippen molar-refractivity contribution in [3.63, 3.8) is 0 Å². The van der Waals surface area contributed by atoms with Crippen molar-refractivity contribution in [1.82, 2.24) is 15.2 Å². The maximum absolute atomic E-state index is 12.4. The fraction of sp³-hybridized carbons (Fsp3) is 0.350. The number of rotatable bonds is 6. The van der Waals surface area contributed by atoms with E-state index in [0.717, 1.165) is 24.9 Å². The Balaban J connectivity index is 1.39. The molecule has 2 aliphatic heterocycles. The van der Waals surface area contributed by atoms with Crippen LogP contribution in [0.4, 0.5) is 0 Å². The molecular weight excluding hydrogens is 376 g/mol. The van der Waals surface area contributed by atoms with Gasteiger partial charge in [-0.25, -0.2) is 0 Å². The van der Waals surface area contributed by atoms with E-state index < -0.39 is 11.5 Å². The Morgan fingerprint density at radius 2 is 2.03 bits per heavy atom. The molecule has 0 spiro atoms. The van der Waals surface area contributed by atoms with E-state index in [9.17, 15) is 14.4 Å². The van der Waals surface area contributed by atoms with Crippen LogP contribution in [0.25, 0.3) is 0 Å². The number of aromatic nitrogens is 1. The molecule has 1 aromatic carbocycles. The first kappa shape index (κ1) is 19.0. The minimum absolute atomic E-state index is 0.0300. The van der Waals surface area contributed by atoms with Gasteiger partial charge in [-0.1, -0.05) is 6.07 Å². The van der Waals surface area contributed by atoms with Gasteiger partial charge in [0, 0.05) is 18.8 Å². The second-order valence-corrected chi connectivity index (χ2v) is 7.13. The van der Waals surface area contributed by atoms with E-state index in [1.807, 2.05) is 11.0 Å². The minimum Gasteiger partial charge on any atom is -0.454 e. The number of fused-ring (bicyclic) bond motifs is 1. The van der Waals surface area contributed by atoms with E-state index in [-0.39, 0.29) is 30.9 Å². The smallest absolute Gasteiger partial charge is 0.261 e. The minimum atomic E-state index is -0.472. The van der Waals surface area contributed by atoms with Crippen LogP contribution in [0, 0.1) is 0 Å². The van der Waals surface area contributed by atoms with Crippen molar-refractivity contribution in [1.29, 1.82) is 0 Å². The summed E-state index contributed by atoms with van der Waals surface area (Å²) in [6.07, 6.45) is 1.61. The molecule has 4 N–H and O–H groups in total. The number of aromatic amines is 1. The Kier molecular flexibility index (Phi) is 5.22. The van der Waals surface area contributed by atoms with Crippen LogP contribution in [0.5, 0.6) is 11.5 Å². The monoisotopic (exact) mass is 398 g/mol. The first-order chi connectivity index (χ1) is 14.0. The molecule has 0 radical (unpaired) electrons. The second kappa shape index (κ2) is 7.96. The average molecular weight is 398 g/mol. The molecule has 1 saturated heterocycles. The molecule has 4 rings (SSSR count). The zero-order valence-electron chi connectivity index (χ0n) is 15.8. The third-order valence-electron chi connectivity index (χ3n) is 5.17. The quantitative estimate of drug-likeness (QED) is 0.650. The molecule has 0 saturated carbocycles. The topological polar surface area (TPSA) is 127 Å². The summed E-state index contributed by atoms with van der Waals surface area (Å²) < 4.78 is 10.6. The third-order valence-corrected chi connectivity index (χ3v) is 5.17. The number of nitrogens with one attached hydrogen (secondary N) is 2. The van der Waals surface area contributed by atoms with E-state index >= 15 is 0 Å². The summed E-state index contributed by atoms with van der Waals surface area (Å²) in [6, 6.07) is 8.27. The maximum Gasteiger partial charge on any atom is 0.261 e. The van der Waals surface area contributed by atoms with E-state index in [0.29, 0.717) is 23.7 Å². The highest BCUT2D eigenvalue weighted by Gasteiger charge is 2.29. The predicted octanol–water partition coefficient (Wildman–Crippen LogP) is 0.483. The lowest BCUT2D eigenvalue weighted by Gasteiger charge is -2.21. The number of carbonyl (C=O) groups is 2. The zero-order valence-corrected chi connectivity index (χ0v) is 15.8. The zero-order chi connectivity index (χ0) is 20.4. The van der Waals surface area contributed by atoms with E-state index in [2.05, 4.69) is 10.3 Å². The molecule has 1 fully saturated rings. The average Bonchev–Trinajstić information content (AvgIpc) is 3.35. The Bertz CT molecular complexity index is 1000. The van der Waals surface area contributed by atoms with E-state index in [1.54, 1.807) is 18.2 Å². The largest absolute Gasteiger partial charge is 0.454 e. The number of nitrogens with two attached hydrogens (primary N) is 1. The summed E-state index contributed by atoms with van der Waals surface area (Å²) >= 11 is 0. The Morgan fingerprint density at radius 3 is 2.83 bits per heavy atom. The Labute approximate surface area is 166 Å². The molecule has 0 aliphatic carbocycles. The molecule has 9 heteroatoms. The maximum atomic E-state index is 12.4. The van der Waals surface area contributed by atoms with Crippen molar-refractivity contribution in [2.75, 3.05) is 13.3 Å². The first-order valence-electron chi connectivity index (χ1n) is 9.43. The SMILES string of the molecule is NC(=O)[C@H]1CCCN1Cc1ccc(C(=O)NCc2ccc3c(c2)OCO3)c(=O)[nH]1. The van der Waals surface area contributed by atoms with E-state index in [4.69, 9.17) is 15.2 Å². The summed E-state index contributed by atoms with van der Waals surface area (Å²) in [6.45, 7) is 1.59. The summed E-state index contributed by atoms with van der Waals surface area (Å²) in [5.74, 6) is 0.481. The molecule has 2 aliphatic rings. The molecule has 2 amide bonds. The first-order valence-corrected chi connectivity index (χ1v) is 9.43. The molecule has 152 valence electrons. The van der Waals surface area contributed by atoms with Crippen LogP contribution in [0.1, 0.15) is 34.5 Å². The van der Waals surface area contributed by atoms with Crippen LogP contribution < -0.4 is 26.1 Å². The van der Waals surface area contributed by atoms with Crippen LogP contribution in [0.3, 0.4) is 0 Å². The number of hydrogen-bond acceptors (Lipinski definition) is 6. The third kappa shape index (κ3) is 4.09. The Hall–Kier alpha value is -3.33. The molecule has 0 bridgehead atoms. The van der Waals surface area contributed by atoms with Gasteiger partial charge in [-0.2, -0.15) is 0 Å². The number of amides is 2. The van der Waals surface area contributed by atoms with Gasteiger partial charge in [0.2, 0.25) is 12.7 Å². The lowest BCUT2D eigenvalue weighted by molar-refractivity contribution is -0.122. The van der Waals surface area contributed by atoms with Gasteiger partial charge in [-0.15, -0.1) is 0 Å².